The van der Waals surface area contributed by atoms with Gasteiger partial charge in [0.25, 0.3) is 0 Å². The summed E-state index contributed by atoms with van der Waals surface area (Å²) in [6.07, 6.45) is 0.658. The maximum absolute atomic E-state index is 12.0. The van der Waals surface area contributed by atoms with Crippen LogP contribution in [0.2, 0.25) is 0 Å². The number of carboxylic acid groups (broad SMARTS) is 1. The second-order valence-corrected chi connectivity index (χ2v) is 4.95. The molecule has 1 aliphatic heterocycles. The molecule has 6 heteroatoms. The lowest BCUT2D eigenvalue weighted by Crippen LogP contribution is -2.53. The lowest BCUT2D eigenvalue weighted by molar-refractivity contribution is -0.151. The summed E-state index contributed by atoms with van der Waals surface area (Å²) < 4.78 is 0. The number of carbonyl (C=O) groups excluding carboxylic acids is 1. The molecular weight excluding hydrogens is 228 g/mol. The Kier molecular flexibility index (Phi) is 5.08. The van der Waals surface area contributed by atoms with Crippen molar-refractivity contribution < 1.29 is 14.7 Å². The molecule has 1 fully saturated rings. The number of nitrogens with zero attached hydrogens (tertiary/aromatic N) is 1. The molecule has 3 N–H and O–H groups in total. The first-order valence-electron chi connectivity index (χ1n) is 5.42. The fraction of sp³-hybridized carbons (Fsp3) is 0.800. The van der Waals surface area contributed by atoms with Crippen LogP contribution in [0.25, 0.3) is 0 Å². The third kappa shape index (κ3) is 2.89. The Morgan fingerprint density at radius 2 is 2.31 bits per heavy atom. The Hall–Kier alpha value is -0.750. The first-order chi connectivity index (χ1) is 7.61. The minimum atomic E-state index is -0.924. The van der Waals surface area contributed by atoms with Gasteiger partial charge < -0.3 is 15.7 Å². The van der Waals surface area contributed by atoms with Crippen LogP contribution in [0.15, 0.2) is 0 Å². The van der Waals surface area contributed by atoms with Crippen LogP contribution in [0.5, 0.6) is 0 Å². The van der Waals surface area contributed by atoms with Gasteiger partial charge in [0.05, 0.1) is 5.92 Å². The van der Waals surface area contributed by atoms with E-state index in [4.69, 9.17) is 10.8 Å². The highest BCUT2D eigenvalue weighted by Crippen LogP contribution is 2.19. The minimum Gasteiger partial charge on any atom is -0.480 e. The fourth-order valence-electron chi connectivity index (χ4n) is 1.75. The van der Waals surface area contributed by atoms with Gasteiger partial charge in [-0.15, -0.1) is 0 Å². The first kappa shape index (κ1) is 13.3. The number of carboxylic acids is 1. The van der Waals surface area contributed by atoms with Crippen LogP contribution in [0.3, 0.4) is 0 Å². The van der Waals surface area contributed by atoms with Crippen LogP contribution >= 0.6 is 11.8 Å². The average Bonchev–Trinajstić information content (AvgIpc) is 2.30. The minimum absolute atomic E-state index is 0.113. The van der Waals surface area contributed by atoms with Crippen molar-refractivity contribution in [3.8, 4) is 0 Å². The van der Waals surface area contributed by atoms with Crippen molar-refractivity contribution in [1.29, 1.82) is 0 Å². The number of amides is 1. The fourth-order valence-corrected chi connectivity index (χ4v) is 2.79. The predicted molar refractivity (Wildman–Crippen MR) is 63.3 cm³/mol. The van der Waals surface area contributed by atoms with Crippen molar-refractivity contribution in [3.63, 3.8) is 0 Å². The number of nitrogens with two attached hydrogens (primary N) is 1. The molecule has 0 saturated carbocycles. The molecule has 0 aromatic rings. The molecule has 0 bridgehead atoms. The van der Waals surface area contributed by atoms with Gasteiger partial charge in [-0.1, -0.05) is 6.92 Å². The highest BCUT2D eigenvalue weighted by Gasteiger charge is 2.34. The number of aliphatic carboxylic acids is 1. The molecule has 1 aliphatic rings. The molecule has 5 nitrogen and oxygen atoms in total. The van der Waals surface area contributed by atoms with Crippen molar-refractivity contribution in [2.24, 2.45) is 11.7 Å². The second kappa shape index (κ2) is 6.10. The highest BCUT2D eigenvalue weighted by atomic mass is 32.2. The van der Waals surface area contributed by atoms with Gasteiger partial charge in [0.1, 0.15) is 6.04 Å². The standard InChI is InChI=1S/C10H18N2O3S/c1-2-7(5-11)9(13)12-3-4-16-6-8(12)10(14)15/h7-8H,2-6,11H2,1H3,(H,14,15). The molecule has 1 heterocycles. The molecule has 1 amide bonds. The number of thioether (sulfide) groups is 1. The Balaban J connectivity index is 2.74. The molecule has 16 heavy (non-hydrogen) atoms. The van der Waals surface area contributed by atoms with Crippen LogP contribution in [-0.2, 0) is 9.59 Å². The van der Waals surface area contributed by atoms with Crippen molar-refractivity contribution in [2.75, 3.05) is 24.6 Å². The number of carbonyl (C=O) groups is 2. The largest absolute Gasteiger partial charge is 0.480 e. The van der Waals surface area contributed by atoms with Crippen molar-refractivity contribution in [2.45, 2.75) is 19.4 Å². The zero-order chi connectivity index (χ0) is 12.1. The monoisotopic (exact) mass is 246 g/mol. The van der Waals surface area contributed by atoms with Crippen LogP contribution in [-0.4, -0.2) is 52.5 Å². The molecule has 0 aromatic heterocycles. The Bertz CT molecular complexity index is 269. The maximum Gasteiger partial charge on any atom is 0.327 e. The molecule has 1 saturated heterocycles. The lowest BCUT2D eigenvalue weighted by atomic mass is 10.0. The number of hydrogen-bond acceptors (Lipinski definition) is 4. The third-order valence-electron chi connectivity index (χ3n) is 2.82. The second-order valence-electron chi connectivity index (χ2n) is 3.80. The van der Waals surface area contributed by atoms with Crippen LogP contribution in [0.1, 0.15) is 13.3 Å². The van der Waals surface area contributed by atoms with Gasteiger partial charge in [-0.05, 0) is 6.42 Å². The summed E-state index contributed by atoms with van der Waals surface area (Å²) in [6, 6.07) is -0.688. The molecular formula is C10H18N2O3S. The molecule has 0 radical (unpaired) electrons. The van der Waals surface area contributed by atoms with Crippen LogP contribution in [0.4, 0.5) is 0 Å². The van der Waals surface area contributed by atoms with Gasteiger partial charge in [-0.3, -0.25) is 4.79 Å². The third-order valence-corrected chi connectivity index (χ3v) is 3.85. The average molecular weight is 246 g/mol. The zero-order valence-corrected chi connectivity index (χ0v) is 10.2. The predicted octanol–water partition coefficient (Wildman–Crippen LogP) is -0.0001000. The van der Waals surface area contributed by atoms with E-state index in [-0.39, 0.29) is 18.4 Å². The van der Waals surface area contributed by atoms with E-state index in [1.165, 1.54) is 4.90 Å². The first-order valence-corrected chi connectivity index (χ1v) is 6.58. The van der Waals surface area contributed by atoms with E-state index in [1.54, 1.807) is 11.8 Å². The highest BCUT2D eigenvalue weighted by molar-refractivity contribution is 7.99. The summed E-state index contributed by atoms with van der Waals surface area (Å²) in [5.74, 6) is -0.00594. The maximum atomic E-state index is 12.0. The van der Waals surface area contributed by atoms with Crippen molar-refractivity contribution >= 4 is 23.6 Å². The smallest absolute Gasteiger partial charge is 0.327 e. The SMILES string of the molecule is CCC(CN)C(=O)N1CCSCC1C(=O)O. The van der Waals surface area contributed by atoms with Gasteiger partial charge in [0, 0.05) is 24.6 Å². The van der Waals surface area contributed by atoms with E-state index < -0.39 is 12.0 Å². The van der Waals surface area contributed by atoms with Crippen LogP contribution in [0, 0.1) is 5.92 Å². The van der Waals surface area contributed by atoms with E-state index in [0.29, 0.717) is 18.7 Å². The summed E-state index contributed by atoms with van der Waals surface area (Å²) in [5.41, 5.74) is 5.51. The molecule has 0 aromatic carbocycles. The van der Waals surface area contributed by atoms with E-state index in [2.05, 4.69) is 0 Å². The van der Waals surface area contributed by atoms with E-state index in [1.807, 2.05) is 6.92 Å². The molecule has 2 unspecified atom stereocenters. The topological polar surface area (TPSA) is 83.6 Å². The summed E-state index contributed by atoms with van der Waals surface area (Å²) >= 11 is 1.57. The summed E-state index contributed by atoms with van der Waals surface area (Å²) in [6.45, 7) is 2.69. The Labute approximate surface area is 99.4 Å². The normalized spacial score (nSPS) is 22.9. The molecule has 2 atom stereocenters. The van der Waals surface area contributed by atoms with E-state index in [9.17, 15) is 9.59 Å². The summed E-state index contributed by atoms with van der Waals surface area (Å²) in [4.78, 5) is 24.6. The van der Waals surface area contributed by atoms with Crippen LogP contribution < -0.4 is 5.73 Å². The lowest BCUT2D eigenvalue weighted by Gasteiger charge is -2.34. The number of hydrogen-bond donors (Lipinski definition) is 2. The zero-order valence-electron chi connectivity index (χ0n) is 9.39. The van der Waals surface area contributed by atoms with Gasteiger partial charge >= 0.3 is 5.97 Å². The molecule has 0 spiro atoms. The quantitative estimate of drug-likeness (QED) is 0.729. The Morgan fingerprint density at radius 1 is 1.62 bits per heavy atom. The molecule has 1 rings (SSSR count). The van der Waals surface area contributed by atoms with Crippen molar-refractivity contribution in [1.82, 2.24) is 4.90 Å². The van der Waals surface area contributed by atoms with Gasteiger partial charge in [-0.2, -0.15) is 11.8 Å². The molecule has 0 aliphatic carbocycles. The van der Waals surface area contributed by atoms with E-state index in [0.717, 1.165) is 5.75 Å². The van der Waals surface area contributed by atoms with Gasteiger partial charge in [0.15, 0.2) is 0 Å². The summed E-state index contributed by atoms with van der Waals surface area (Å²) in [5, 5.41) is 9.05. The van der Waals surface area contributed by atoms with Crippen molar-refractivity contribution in [3.05, 3.63) is 0 Å². The van der Waals surface area contributed by atoms with Gasteiger partial charge in [-0.25, -0.2) is 4.79 Å². The molecule has 92 valence electrons. The summed E-state index contributed by atoms with van der Waals surface area (Å²) in [7, 11) is 0. The Morgan fingerprint density at radius 3 is 2.81 bits per heavy atom. The number of rotatable bonds is 4. The van der Waals surface area contributed by atoms with E-state index >= 15 is 0 Å². The van der Waals surface area contributed by atoms with Gasteiger partial charge in [0.2, 0.25) is 5.91 Å².